The smallest absolute Gasteiger partial charge is 0.238 e. The van der Waals surface area contributed by atoms with Crippen molar-refractivity contribution in [2.45, 2.75) is 25.1 Å². The van der Waals surface area contributed by atoms with Crippen molar-refractivity contribution < 1.29 is 14.2 Å². The molecule has 0 spiro atoms. The molecule has 2 N–H and O–H groups in total. The second-order valence-corrected chi connectivity index (χ2v) is 4.69. The lowest BCUT2D eigenvalue weighted by atomic mass is 10.4. The Hall–Kier alpha value is -0.790. The van der Waals surface area contributed by atoms with E-state index in [0.29, 0.717) is 24.6 Å². The van der Waals surface area contributed by atoms with Gasteiger partial charge >= 0.3 is 0 Å². The molecule has 1 heterocycles. The average Bonchev–Trinajstić information content (AvgIpc) is 2.67. The minimum Gasteiger partial charge on any atom is -0.351 e. The quantitative estimate of drug-likeness (QED) is 0.409. The molecule has 0 bridgehead atoms. The van der Waals surface area contributed by atoms with Crippen LogP contribution in [0.15, 0.2) is 16.0 Å². The summed E-state index contributed by atoms with van der Waals surface area (Å²) in [5.41, 5.74) is 0. The zero-order valence-corrected chi connectivity index (χ0v) is 10.8. The highest BCUT2D eigenvalue weighted by molar-refractivity contribution is 8.03. The predicted octanol–water partition coefficient (Wildman–Crippen LogP) is 1.08. The van der Waals surface area contributed by atoms with Crippen molar-refractivity contribution in [2.24, 2.45) is 4.99 Å². The Morgan fingerprint density at radius 3 is 3.06 bits per heavy atom. The number of hydrogen-bond acceptors (Lipinski definition) is 6. The summed E-state index contributed by atoms with van der Waals surface area (Å²) in [4.78, 5) is 5.09. The molecule has 2 atom stereocenters. The van der Waals surface area contributed by atoms with Crippen LogP contribution in [0.5, 0.6) is 0 Å². The van der Waals surface area contributed by atoms with Gasteiger partial charge in [0.1, 0.15) is 5.03 Å². The maximum absolute atomic E-state index is 13.6. The Labute approximate surface area is 105 Å². The lowest BCUT2D eigenvalue weighted by Crippen LogP contribution is -2.32. The highest BCUT2D eigenvalue weighted by atomic mass is 32.2. The molecular formula is C10H18FN3O2S. The summed E-state index contributed by atoms with van der Waals surface area (Å²) in [7, 11) is 1.58. The molecule has 0 aromatic carbocycles. The van der Waals surface area contributed by atoms with E-state index in [2.05, 4.69) is 17.0 Å². The monoisotopic (exact) mass is 263 g/mol. The zero-order valence-electron chi connectivity index (χ0n) is 10.0. The summed E-state index contributed by atoms with van der Waals surface area (Å²) in [6.45, 7) is 6.08. The first kappa shape index (κ1) is 14.3. The highest BCUT2D eigenvalue weighted by Crippen LogP contribution is 2.35. The third-order valence-electron chi connectivity index (χ3n) is 2.25. The Morgan fingerprint density at radius 2 is 2.47 bits per heavy atom. The van der Waals surface area contributed by atoms with E-state index in [1.54, 1.807) is 14.0 Å². The van der Waals surface area contributed by atoms with Gasteiger partial charge in [-0.1, -0.05) is 11.8 Å². The van der Waals surface area contributed by atoms with Crippen molar-refractivity contribution in [2.75, 3.05) is 20.2 Å². The SMILES string of the molecule is C=NCCC1NC(F)=C(N(C)C(O)OCC)S1. The van der Waals surface area contributed by atoms with E-state index in [1.807, 2.05) is 0 Å². The second kappa shape index (κ2) is 6.83. The number of ether oxygens (including phenoxy) is 1. The number of thioether (sulfide) groups is 1. The number of nitrogens with one attached hydrogen (secondary N) is 1. The van der Waals surface area contributed by atoms with Gasteiger partial charge in [0.25, 0.3) is 0 Å². The molecule has 0 saturated heterocycles. The Balaban J connectivity index is 2.53. The van der Waals surface area contributed by atoms with Crippen LogP contribution in [0.25, 0.3) is 0 Å². The number of hydrogen-bond donors (Lipinski definition) is 2. The van der Waals surface area contributed by atoms with Crippen LogP contribution in [0, 0.1) is 0 Å². The van der Waals surface area contributed by atoms with Gasteiger partial charge in [0.15, 0.2) is 0 Å². The summed E-state index contributed by atoms with van der Waals surface area (Å²) < 4.78 is 18.6. The van der Waals surface area contributed by atoms with Crippen molar-refractivity contribution in [3.05, 3.63) is 11.0 Å². The number of nitrogens with zero attached hydrogens (tertiary/aromatic N) is 2. The van der Waals surface area contributed by atoms with Crippen molar-refractivity contribution >= 4 is 18.5 Å². The molecule has 0 aliphatic carbocycles. The third-order valence-corrected chi connectivity index (χ3v) is 3.57. The van der Waals surface area contributed by atoms with E-state index in [1.165, 1.54) is 16.7 Å². The minimum absolute atomic E-state index is 0.0771. The van der Waals surface area contributed by atoms with Gasteiger partial charge in [0, 0.05) is 20.2 Å². The van der Waals surface area contributed by atoms with Crippen LogP contribution in [0.1, 0.15) is 13.3 Å². The molecule has 1 rings (SSSR count). The maximum Gasteiger partial charge on any atom is 0.238 e. The fourth-order valence-corrected chi connectivity index (χ4v) is 2.43. The van der Waals surface area contributed by atoms with Gasteiger partial charge in [-0.05, 0) is 20.1 Å². The van der Waals surface area contributed by atoms with Crippen molar-refractivity contribution in [3.8, 4) is 0 Å². The first-order chi connectivity index (χ1) is 8.10. The molecule has 98 valence electrons. The number of halogens is 1. The number of aliphatic imine (C=N–C) groups is 1. The van der Waals surface area contributed by atoms with Gasteiger partial charge in [-0.25, -0.2) is 0 Å². The van der Waals surface area contributed by atoms with Crippen molar-refractivity contribution in [1.82, 2.24) is 10.2 Å². The standard InChI is InChI=1S/C10H18FN3O2S/c1-4-16-10(15)14(3)9-8(11)13-7(17-9)5-6-12-2/h7,10,13,15H,2,4-6H2,1,3H3. The van der Waals surface area contributed by atoms with E-state index in [0.717, 1.165) is 0 Å². The molecular weight excluding hydrogens is 245 g/mol. The first-order valence-corrected chi connectivity index (χ1v) is 6.26. The lowest BCUT2D eigenvalue weighted by Gasteiger charge is -2.24. The topological polar surface area (TPSA) is 57.1 Å². The van der Waals surface area contributed by atoms with Crippen LogP contribution in [-0.2, 0) is 4.74 Å². The molecule has 0 saturated carbocycles. The summed E-state index contributed by atoms with van der Waals surface area (Å²) in [5.74, 6) is -0.440. The molecule has 0 aromatic heterocycles. The number of rotatable bonds is 7. The molecule has 0 amide bonds. The number of aliphatic hydroxyl groups excluding tert-OH is 1. The van der Waals surface area contributed by atoms with Gasteiger partial charge < -0.3 is 25.1 Å². The molecule has 0 aromatic rings. The lowest BCUT2D eigenvalue weighted by molar-refractivity contribution is -0.168. The van der Waals surface area contributed by atoms with E-state index < -0.39 is 12.4 Å². The van der Waals surface area contributed by atoms with Gasteiger partial charge in [0.05, 0.1) is 5.37 Å². The van der Waals surface area contributed by atoms with E-state index >= 15 is 0 Å². The molecule has 17 heavy (non-hydrogen) atoms. The Bertz CT molecular complexity index is 301. The maximum atomic E-state index is 13.6. The van der Waals surface area contributed by atoms with Crippen LogP contribution in [-0.4, -0.2) is 48.7 Å². The van der Waals surface area contributed by atoms with Crippen LogP contribution in [0.4, 0.5) is 4.39 Å². The molecule has 7 heteroatoms. The van der Waals surface area contributed by atoms with Gasteiger partial charge in [0.2, 0.25) is 12.4 Å². The molecule has 0 fully saturated rings. The van der Waals surface area contributed by atoms with E-state index in [4.69, 9.17) is 4.74 Å². The summed E-state index contributed by atoms with van der Waals surface area (Å²) >= 11 is 1.31. The van der Waals surface area contributed by atoms with Crippen LogP contribution < -0.4 is 5.32 Å². The molecule has 5 nitrogen and oxygen atoms in total. The van der Waals surface area contributed by atoms with Gasteiger partial charge in [-0.15, -0.1) is 0 Å². The van der Waals surface area contributed by atoms with E-state index in [-0.39, 0.29) is 5.37 Å². The highest BCUT2D eigenvalue weighted by Gasteiger charge is 2.29. The van der Waals surface area contributed by atoms with Crippen molar-refractivity contribution in [3.63, 3.8) is 0 Å². The number of aliphatic hydroxyl groups is 1. The van der Waals surface area contributed by atoms with Crippen molar-refractivity contribution in [1.29, 1.82) is 0 Å². The molecule has 1 aliphatic rings. The third kappa shape index (κ3) is 3.86. The van der Waals surface area contributed by atoms with E-state index in [9.17, 15) is 9.50 Å². The molecule has 1 aliphatic heterocycles. The predicted molar refractivity (Wildman–Crippen MR) is 67.1 cm³/mol. The van der Waals surface area contributed by atoms with Crippen LogP contribution in [0.2, 0.25) is 0 Å². The minimum atomic E-state index is -1.13. The fraction of sp³-hybridized carbons (Fsp3) is 0.700. The Morgan fingerprint density at radius 1 is 1.76 bits per heavy atom. The normalized spacial score (nSPS) is 21.3. The largest absolute Gasteiger partial charge is 0.351 e. The fourth-order valence-electron chi connectivity index (χ4n) is 1.36. The summed E-state index contributed by atoms with van der Waals surface area (Å²) in [6.07, 6.45) is -0.449. The zero-order chi connectivity index (χ0) is 12.8. The summed E-state index contributed by atoms with van der Waals surface area (Å²) in [6, 6.07) is 0. The Kier molecular flexibility index (Phi) is 5.73. The first-order valence-electron chi connectivity index (χ1n) is 5.38. The second-order valence-electron chi connectivity index (χ2n) is 3.50. The van der Waals surface area contributed by atoms with Gasteiger partial charge in [-0.3, -0.25) is 0 Å². The molecule has 0 radical (unpaired) electrons. The van der Waals surface area contributed by atoms with Crippen LogP contribution in [0.3, 0.4) is 0 Å². The summed E-state index contributed by atoms with van der Waals surface area (Å²) in [5, 5.41) is 12.6. The molecule has 2 unspecified atom stereocenters. The average molecular weight is 263 g/mol. The van der Waals surface area contributed by atoms with Crippen LogP contribution >= 0.6 is 11.8 Å². The van der Waals surface area contributed by atoms with Gasteiger partial charge in [-0.2, -0.15) is 4.39 Å².